The van der Waals surface area contributed by atoms with Crippen molar-refractivity contribution < 1.29 is 12.8 Å². The third-order valence-corrected chi connectivity index (χ3v) is 4.39. The van der Waals surface area contributed by atoms with Gasteiger partial charge in [-0.1, -0.05) is 29.3 Å². The zero-order valence-electron chi connectivity index (χ0n) is 9.92. The van der Waals surface area contributed by atoms with Gasteiger partial charge in [0.25, 0.3) is 10.0 Å². The standard InChI is InChI=1S/C13H8Cl2FNO2S/c14-12-6-1-9(7-13(12)15)8-17-20(18,19)11-4-2-10(16)3-5-11/h1-8H/b17-8+. The first-order valence-corrected chi connectivity index (χ1v) is 7.59. The molecule has 0 N–H and O–H groups in total. The molecule has 0 saturated carbocycles. The van der Waals surface area contributed by atoms with Gasteiger partial charge in [-0.05, 0) is 42.0 Å². The van der Waals surface area contributed by atoms with Crippen molar-refractivity contribution in [2.45, 2.75) is 4.90 Å². The number of sulfonamides is 1. The lowest BCUT2D eigenvalue weighted by Gasteiger charge is -1.99. The van der Waals surface area contributed by atoms with Crippen molar-refractivity contribution in [3.05, 3.63) is 63.9 Å². The molecule has 2 aromatic rings. The van der Waals surface area contributed by atoms with Gasteiger partial charge in [0.2, 0.25) is 0 Å². The van der Waals surface area contributed by atoms with Crippen LogP contribution in [-0.2, 0) is 10.0 Å². The molecule has 0 aliphatic rings. The van der Waals surface area contributed by atoms with Crippen molar-refractivity contribution in [1.82, 2.24) is 0 Å². The predicted molar refractivity (Wildman–Crippen MR) is 77.6 cm³/mol. The second kappa shape index (κ2) is 5.91. The lowest BCUT2D eigenvalue weighted by atomic mass is 10.2. The Balaban J connectivity index is 2.29. The molecule has 0 radical (unpaired) electrons. The molecule has 104 valence electrons. The molecule has 3 nitrogen and oxygen atoms in total. The van der Waals surface area contributed by atoms with Crippen molar-refractivity contribution in [2.75, 3.05) is 0 Å². The fourth-order valence-corrected chi connectivity index (χ4v) is 2.56. The maximum atomic E-state index is 12.7. The number of benzene rings is 2. The van der Waals surface area contributed by atoms with E-state index in [4.69, 9.17) is 23.2 Å². The fraction of sp³-hybridized carbons (Fsp3) is 0. The van der Waals surface area contributed by atoms with Crippen LogP contribution < -0.4 is 0 Å². The zero-order chi connectivity index (χ0) is 14.8. The number of hydrogen-bond acceptors (Lipinski definition) is 2. The summed E-state index contributed by atoms with van der Waals surface area (Å²) in [6.45, 7) is 0. The molecule has 0 heterocycles. The SMILES string of the molecule is O=S(=O)(/N=C/c1ccc(Cl)c(Cl)c1)c1ccc(F)cc1. The third kappa shape index (κ3) is 3.56. The molecule has 2 aromatic carbocycles. The van der Waals surface area contributed by atoms with E-state index >= 15 is 0 Å². The summed E-state index contributed by atoms with van der Waals surface area (Å²) in [6, 6.07) is 9.03. The Hall–Kier alpha value is -1.43. The van der Waals surface area contributed by atoms with E-state index < -0.39 is 15.8 Å². The maximum absolute atomic E-state index is 12.7. The first kappa shape index (κ1) is 15.0. The molecular formula is C13H8Cl2FNO2S. The van der Waals surface area contributed by atoms with E-state index in [0.29, 0.717) is 15.6 Å². The molecule has 0 unspecified atom stereocenters. The summed E-state index contributed by atoms with van der Waals surface area (Å²) in [5.41, 5.74) is 0.491. The van der Waals surface area contributed by atoms with Gasteiger partial charge >= 0.3 is 0 Å². The van der Waals surface area contributed by atoms with Crippen LogP contribution in [0.4, 0.5) is 4.39 Å². The average molecular weight is 332 g/mol. The van der Waals surface area contributed by atoms with Gasteiger partial charge in [-0.25, -0.2) is 4.39 Å². The summed E-state index contributed by atoms with van der Waals surface area (Å²) in [6.07, 6.45) is 1.15. The Kier molecular flexibility index (Phi) is 4.42. The molecule has 0 amide bonds. The van der Waals surface area contributed by atoms with Crippen molar-refractivity contribution in [3.8, 4) is 0 Å². The van der Waals surface area contributed by atoms with Crippen LogP contribution in [0.5, 0.6) is 0 Å². The van der Waals surface area contributed by atoms with Crippen LogP contribution in [0.3, 0.4) is 0 Å². The molecule has 0 aliphatic carbocycles. The molecule has 7 heteroatoms. The number of nitrogens with zero attached hydrogens (tertiary/aromatic N) is 1. The number of halogens is 3. The lowest BCUT2D eigenvalue weighted by Crippen LogP contribution is -1.98. The van der Waals surface area contributed by atoms with E-state index in [2.05, 4.69) is 4.40 Å². The van der Waals surface area contributed by atoms with Gasteiger partial charge in [-0.3, -0.25) is 0 Å². The highest BCUT2D eigenvalue weighted by atomic mass is 35.5. The van der Waals surface area contributed by atoms with Gasteiger partial charge in [0.15, 0.2) is 0 Å². The molecule has 0 spiro atoms. The van der Waals surface area contributed by atoms with Crippen molar-refractivity contribution in [1.29, 1.82) is 0 Å². The second-order valence-electron chi connectivity index (χ2n) is 3.84. The molecule has 0 bridgehead atoms. The first-order valence-electron chi connectivity index (χ1n) is 5.39. The van der Waals surface area contributed by atoms with Crippen molar-refractivity contribution in [3.63, 3.8) is 0 Å². The zero-order valence-corrected chi connectivity index (χ0v) is 12.3. The van der Waals surface area contributed by atoms with Crippen LogP contribution in [0.25, 0.3) is 0 Å². The molecular weight excluding hydrogens is 324 g/mol. The summed E-state index contributed by atoms with van der Waals surface area (Å²) in [5.74, 6) is -0.516. The third-order valence-electron chi connectivity index (χ3n) is 2.40. The Labute approximate surface area is 125 Å². The highest BCUT2D eigenvalue weighted by Crippen LogP contribution is 2.22. The minimum atomic E-state index is -3.87. The predicted octanol–water partition coefficient (Wildman–Crippen LogP) is 3.94. The van der Waals surface area contributed by atoms with Crippen LogP contribution >= 0.6 is 23.2 Å². The monoisotopic (exact) mass is 331 g/mol. The molecule has 2 rings (SSSR count). The molecule has 0 saturated heterocycles. The fourth-order valence-electron chi connectivity index (χ4n) is 1.39. The maximum Gasteiger partial charge on any atom is 0.282 e. The highest BCUT2D eigenvalue weighted by Gasteiger charge is 2.11. The average Bonchev–Trinajstić information content (AvgIpc) is 2.41. The summed E-state index contributed by atoms with van der Waals surface area (Å²) in [7, 11) is -3.87. The highest BCUT2D eigenvalue weighted by molar-refractivity contribution is 7.90. The quantitative estimate of drug-likeness (QED) is 0.799. The summed E-state index contributed by atoms with van der Waals surface area (Å²) < 4.78 is 40.0. The topological polar surface area (TPSA) is 46.5 Å². The molecule has 0 aromatic heterocycles. The normalized spacial score (nSPS) is 11.9. The van der Waals surface area contributed by atoms with Gasteiger partial charge in [-0.15, -0.1) is 0 Å². The van der Waals surface area contributed by atoms with Crippen LogP contribution in [-0.4, -0.2) is 14.6 Å². The molecule has 0 fully saturated rings. The number of rotatable bonds is 3. The van der Waals surface area contributed by atoms with Crippen LogP contribution in [0.2, 0.25) is 10.0 Å². The van der Waals surface area contributed by atoms with Gasteiger partial charge < -0.3 is 0 Å². The van der Waals surface area contributed by atoms with Crippen LogP contribution in [0, 0.1) is 5.82 Å². The first-order chi connectivity index (χ1) is 9.38. The molecule has 20 heavy (non-hydrogen) atoms. The van der Waals surface area contributed by atoms with Gasteiger partial charge in [0.05, 0.1) is 14.9 Å². The van der Waals surface area contributed by atoms with Crippen molar-refractivity contribution in [2.24, 2.45) is 4.40 Å². The number of hydrogen-bond donors (Lipinski definition) is 0. The van der Waals surface area contributed by atoms with E-state index in [1.807, 2.05) is 0 Å². The summed E-state index contributed by atoms with van der Waals surface area (Å²) in [4.78, 5) is -0.0878. The van der Waals surface area contributed by atoms with E-state index in [-0.39, 0.29) is 4.90 Å². The van der Waals surface area contributed by atoms with E-state index in [0.717, 1.165) is 30.5 Å². The molecule has 0 atom stereocenters. The van der Waals surface area contributed by atoms with Crippen molar-refractivity contribution >= 4 is 39.4 Å². The second-order valence-corrected chi connectivity index (χ2v) is 6.28. The lowest BCUT2D eigenvalue weighted by molar-refractivity contribution is 0.597. The van der Waals surface area contributed by atoms with Crippen LogP contribution in [0.1, 0.15) is 5.56 Å². The van der Waals surface area contributed by atoms with Gasteiger partial charge in [0.1, 0.15) is 5.82 Å². The van der Waals surface area contributed by atoms with Gasteiger partial charge in [0, 0.05) is 6.21 Å². The van der Waals surface area contributed by atoms with E-state index in [9.17, 15) is 12.8 Å². The molecule has 0 aliphatic heterocycles. The summed E-state index contributed by atoms with van der Waals surface area (Å²) >= 11 is 11.6. The Morgan fingerprint density at radius 2 is 1.65 bits per heavy atom. The van der Waals surface area contributed by atoms with Gasteiger partial charge in [-0.2, -0.15) is 12.8 Å². The van der Waals surface area contributed by atoms with E-state index in [1.165, 1.54) is 12.1 Å². The van der Waals surface area contributed by atoms with Crippen LogP contribution in [0.15, 0.2) is 51.8 Å². The summed E-state index contributed by atoms with van der Waals surface area (Å²) in [5, 5.41) is 0.667. The Bertz CT molecular complexity index is 758. The minimum Gasteiger partial charge on any atom is -0.207 e. The Morgan fingerprint density at radius 3 is 2.25 bits per heavy atom. The minimum absolute atomic E-state index is 0.0878. The van der Waals surface area contributed by atoms with E-state index in [1.54, 1.807) is 6.07 Å². The largest absolute Gasteiger partial charge is 0.282 e. The Morgan fingerprint density at radius 1 is 1.00 bits per heavy atom. The smallest absolute Gasteiger partial charge is 0.207 e.